The average Bonchev–Trinajstić information content (AvgIpc) is 2.72. The van der Waals surface area contributed by atoms with Crippen molar-refractivity contribution >= 4 is 17.5 Å². The van der Waals surface area contributed by atoms with Crippen molar-refractivity contribution in [1.29, 1.82) is 0 Å². The summed E-state index contributed by atoms with van der Waals surface area (Å²) in [6, 6.07) is 13.0. The third-order valence-electron chi connectivity index (χ3n) is 3.60. The Balaban J connectivity index is 2.00. The molecular formula is C19H16N6O. The zero-order valence-electron chi connectivity index (χ0n) is 14.1. The monoisotopic (exact) mass is 344 g/mol. The fourth-order valence-electron chi connectivity index (χ4n) is 2.36. The lowest BCUT2D eigenvalue weighted by atomic mass is 10.2. The number of anilines is 2. The molecule has 128 valence electrons. The summed E-state index contributed by atoms with van der Waals surface area (Å²) < 4.78 is 0. The number of hydrogen-bond donors (Lipinski definition) is 1. The van der Waals surface area contributed by atoms with Crippen LogP contribution in [-0.2, 0) is 0 Å². The van der Waals surface area contributed by atoms with E-state index >= 15 is 0 Å². The van der Waals surface area contributed by atoms with Crippen LogP contribution >= 0.6 is 0 Å². The summed E-state index contributed by atoms with van der Waals surface area (Å²) in [4.78, 5) is 30.6. The number of carbonyl (C=O) groups is 1. The lowest BCUT2D eigenvalue weighted by molar-refractivity contribution is 0.0958. The molecule has 0 aliphatic carbocycles. The first-order valence-electron chi connectivity index (χ1n) is 7.86. The molecule has 0 atom stereocenters. The van der Waals surface area contributed by atoms with Crippen molar-refractivity contribution in [2.45, 2.75) is 0 Å². The highest BCUT2D eigenvalue weighted by Gasteiger charge is 2.14. The van der Waals surface area contributed by atoms with Gasteiger partial charge in [-0.25, -0.2) is 9.97 Å². The van der Waals surface area contributed by atoms with Crippen LogP contribution in [0.3, 0.4) is 0 Å². The SMILES string of the molecule is C#CCN(c1ccccc1)c1ncnc(-c2ccnc(C(=O)NC)c2)n1. The Morgan fingerprint density at radius 2 is 2.00 bits per heavy atom. The molecule has 0 unspecified atom stereocenters. The van der Waals surface area contributed by atoms with Crippen LogP contribution in [0.15, 0.2) is 55.0 Å². The number of benzene rings is 1. The number of rotatable bonds is 5. The van der Waals surface area contributed by atoms with Crippen molar-refractivity contribution < 1.29 is 4.79 Å². The van der Waals surface area contributed by atoms with E-state index in [-0.39, 0.29) is 11.6 Å². The molecule has 7 nitrogen and oxygen atoms in total. The first kappa shape index (κ1) is 17.0. The number of carbonyl (C=O) groups excluding carboxylic acids is 1. The normalized spacial score (nSPS) is 10.0. The zero-order chi connectivity index (χ0) is 18.4. The minimum Gasteiger partial charge on any atom is -0.354 e. The molecule has 26 heavy (non-hydrogen) atoms. The minimum atomic E-state index is -0.278. The standard InChI is InChI=1S/C19H16N6O/c1-3-11-25(15-7-5-4-6-8-15)19-23-13-22-17(24-19)14-9-10-21-16(12-14)18(26)20-2/h1,4-10,12-13H,11H2,2H3,(H,20,26). The van der Waals surface area contributed by atoms with Crippen molar-refractivity contribution in [3.8, 4) is 23.7 Å². The number of aromatic nitrogens is 4. The van der Waals surface area contributed by atoms with Crippen LogP contribution < -0.4 is 10.2 Å². The number of nitrogens with one attached hydrogen (secondary N) is 1. The third kappa shape index (κ3) is 3.65. The maximum Gasteiger partial charge on any atom is 0.269 e. The molecule has 1 N–H and O–H groups in total. The molecule has 0 bridgehead atoms. The molecule has 0 radical (unpaired) electrons. The van der Waals surface area contributed by atoms with E-state index in [4.69, 9.17) is 6.42 Å². The third-order valence-corrected chi connectivity index (χ3v) is 3.60. The van der Waals surface area contributed by atoms with Gasteiger partial charge in [-0.15, -0.1) is 6.42 Å². The van der Waals surface area contributed by atoms with Crippen molar-refractivity contribution in [2.24, 2.45) is 0 Å². The summed E-state index contributed by atoms with van der Waals surface area (Å²) in [7, 11) is 1.55. The number of pyridine rings is 1. The molecule has 1 aromatic carbocycles. The van der Waals surface area contributed by atoms with Crippen molar-refractivity contribution in [2.75, 3.05) is 18.5 Å². The van der Waals surface area contributed by atoms with Crippen LogP contribution in [0.25, 0.3) is 11.4 Å². The number of hydrogen-bond acceptors (Lipinski definition) is 6. The lowest BCUT2D eigenvalue weighted by Gasteiger charge is -2.20. The van der Waals surface area contributed by atoms with Gasteiger partial charge in [-0.1, -0.05) is 24.1 Å². The Morgan fingerprint density at radius 3 is 2.73 bits per heavy atom. The minimum absolute atomic E-state index is 0.278. The Hall–Kier alpha value is -3.79. The van der Waals surface area contributed by atoms with Gasteiger partial charge in [0.1, 0.15) is 12.0 Å². The van der Waals surface area contributed by atoms with E-state index in [0.717, 1.165) is 5.69 Å². The fraction of sp³-hybridized carbons (Fsp3) is 0.105. The van der Waals surface area contributed by atoms with Crippen LogP contribution in [0.4, 0.5) is 11.6 Å². The number of amides is 1. The van der Waals surface area contributed by atoms with Gasteiger partial charge in [0.25, 0.3) is 5.91 Å². The molecule has 7 heteroatoms. The van der Waals surface area contributed by atoms with Gasteiger partial charge in [-0.3, -0.25) is 14.7 Å². The second kappa shape index (κ2) is 7.85. The highest BCUT2D eigenvalue weighted by molar-refractivity contribution is 5.93. The first-order valence-corrected chi connectivity index (χ1v) is 7.86. The van der Waals surface area contributed by atoms with Crippen LogP contribution in [0, 0.1) is 12.3 Å². The smallest absolute Gasteiger partial charge is 0.269 e. The second-order valence-electron chi connectivity index (χ2n) is 5.24. The van der Waals surface area contributed by atoms with Crippen LogP contribution in [0.2, 0.25) is 0 Å². The van der Waals surface area contributed by atoms with Gasteiger partial charge in [0.2, 0.25) is 5.95 Å². The summed E-state index contributed by atoms with van der Waals surface area (Å²) in [5.74, 6) is 3.20. The predicted octanol–water partition coefficient (Wildman–Crippen LogP) is 2.06. The van der Waals surface area contributed by atoms with Crippen molar-refractivity contribution in [1.82, 2.24) is 25.3 Å². The number of nitrogens with zero attached hydrogens (tertiary/aromatic N) is 5. The Bertz CT molecular complexity index is 951. The van der Waals surface area contributed by atoms with E-state index in [1.165, 1.54) is 6.33 Å². The molecule has 0 aliphatic heterocycles. The molecule has 0 saturated heterocycles. The number of terminal acetylenes is 1. The molecule has 3 rings (SSSR count). The van der Waals surface area contributed by atoms with E-state index in [0.29, 0.717) is 23.9 Å². The van der Waals surface area contributed by atoms with E-state index in [9.17, 15) is 4.79 Å². The summed E-state index contributed by atoms with van der Waals surface area (Å²) >= 11 is 0. The molecule has 2 aromatic heterocycles. The topological polar surface area (TPSA) is 83.9 Å². The Morgan fingerprint density at radius 1 is 1.19 bits per heavy atom. The molecule has 1 amide bonds. The van der Waals surface area contributed by atoms with E-state index in [1.54, 1.807) is 25.4 Å². The van der Waals surface area contributed by atoms with Gasteiger partial charge in [0, 0.05) is 24.5 Å². The second-order valence-corrected chi connectivity index (χ2v) is 5.24. The predicted molar refractivity (Wildman–Crippen MR) is 98.7 cm³/mol. The van der Waals surface area contributed by atoms with Crippen molar-refractivity contribution in [3.05, 3.63) is 60.7 Å². The molecule has 0 aliphatic rings. The van der Waals surface area contributed by atoms with Gasteiger partial charge in [0.15, 0.2) is 5.82 Å². The number of para-hydroxylation sites is 1. The average molecular weight is 344 g/mol. The fourth-order valence-corrected chi connectivity index (χ4v) is 2.36. The molecule has 0 saturated carbocycles. The van der Waals surface area contributed by atoms with Crippen LogP contribution in [0.5, 0.6) is 0 Å². The summed E-state index contributed by atoms with van der Waals surface area (Å²) in [5, 5.41) is 2.54. The van der Waals surface area contributed by atoms with Gasteiger partial charge in [-0.2, -0.15) is 4.98 Å². The highest BCUT2D eigenvalue weighted by atomic mass is 16.1. The van der Waals surface area contributed by atoms with Gasteiger partial charge in [-0.05, 0) is 24.3 Å². The van der Waals surface area contributed by atoms with Gasteiger partial charge in [0.05, 0.1) is 6.54 Å². The Labute approximate surface area is 151 Å². The zero-order valence-corrected chi connectivity index (χ0v) is 14.1. The Kier molecular flexibility index (Phi) is 5.15. The highest BCUT2D eigenvalue weighted by Crippen LogP contribution is 2.23. The molecule has 3 aromatic rings. The van der Waals surface area contributed by atoms with E-state index in [2.05, 4.69) is 31.2 Å². The summed E-state index contributed by atoms with van der Waals surface area (Å²) in [5.41, 5.74) is 1.83. The molecule has 0 spiro atoms. The lowest BCUT2D eigenvalue weighted by Crippen LogP contribution is -2.20. The van der Waals surface area contributed by atoms with E-state index < -0.39 is 0 Å². The first-order chi connectivity index (χ1) is 12.7. The molecule has 0 fully saturated rings. The maximum absolute atomic E-state index is 11.8. The van der Waals surface area contributed by atoms with E-state index in [1.807, 2.05) is 35.2 Å². The van der Waals surface area contributed by atoms with Crippen LogP contribution in [-0.4, -0.2) is 39.4 Å². The van der Waals surface area contributed by atoms with Crippen molar-refractivity contribution in [3.63, 3.8) is 0 Å². The quantitative estimate of drug-likeness (QED) is 0.713. The largest absolute Gasteiger partial charge is 0.354 e. The maximum atomic E-state index is 11.8. The summed E-state index contributed by atoms with van der Waals surface area (Å²) in [6.07, 6.45) is 8.47. The molecule has 2 heterocycles. The van der Waals surface area contributed by atoms with Gasteiger partial charge >= 0.3 is 0 Å². The van der Waals surface area contributed by atoms with Gasteiger partial charge < -0.3 is 5.32 Å². The summed E-state index contributed by atoms with van der Waals surface area (Å²) in [6.45, 7) is 0.313. The molecular weight excluding hydrogens is 328 g/mol. The van der Waals surface area contributed by atoms with Crippen LogP contribution in [0.1, 0.15) is 10.5 Å².